The molecule has 0 unspecified atom stereocenters. The predicted molar refractivity (Wildman–Crippen MR) is 137 cm³/mol. The highest BCUT2D eigenvalue weighted by Crippen LogP contribution is 2.33. The van der Waals surface area contributed by atoms with Crippen LogP contribution < -0.4 is 0 Å². The lowest BCUT2D eigenvalue weighted by Gasteiger charge is -2.32. The SMILES string of the molecule is CCOC(=O)[C@@H]1CCCN(CC(=O)N2N=C(c3ccc4ccccc4c3)C[C@H]2c2ccccc2)C1. The molecule has 180 valence electrons. The Morgan fingerprint density at radius 1 is 1.00 bits per heavy atom. The average Bonchev–Trinajstić information content (AvgIpc) is 3.35. The molecule has 0 aromatic heterocycles. The second-order valence-corrected chi connectivity index (χ2v) is 9.30. The molecule has 2 aliphatic rings. The number of piperidine rings is 1. The molecule has 2 heterocycles. The number of likely N-dealkylation sites (tertiary alicyclic amines) is 1. The number of hydrogen-bond acceptors (Lipinski definition) is 5. The Labute approximate surface area is 206 Å². The summed E-state index contributed by atoms with van der Waals surface area (Å²) in [4.78, 5) is 27.9. The third kappa shape index (κ3) is 5.13. The van der Waals surface area contributed by atoms with Crippen LogP contribution in [0.5, 0.6) is 0 Å². The van der Waals surface area contributed by atoms with Crippen molar-refractivity contribution < 1.29 is 14.3 Å². The molecular formula is C29H31N3O3. The lowest BCUT2D eigenvalue weighted by atomic mass is 9.96. The van der Waals surface area contributed by atoms with Gasteiger partial charge < -0.3 is 4.74 Å². The van der Waals surface area contributed by atoms with Gasteiger partial charge in [-0.25, -0.2) is 5.01 Å². The standard InChI is InChI=1S/C29H31N3O3/c1-2-35-29(34)25-13-8-16-31(19-25)20-28(33)32-27(22-10-4-3-5-11-22)18-26(30-32)24-15-14-21-9-6-7-12-23(21)17-24/h3-7,9-12,14-15,17,25,27H,2,8,13,16,18-20H2,1H3/t25-,27+/m1/s1. The van der Waals surface area contributed by atoms with E-state index in [1.807, 2.05) is 37.3 Å². The van der Waals surface area contributed by atoms with Crippen LogP contribution in [0, 0.1) is 5.92 Å². The molecule has 2 aliphatic heterocycles. The van der Waals surface area contributed by atoms with Gasteiger partial charge in [0.15, 0.2) is 0 Å². The van der Waals surface area contributed by atoms with Gasteiger partial charge in [-0.15, -0.1) is 0 Å². The van der Waals surface area contributed by atoms with Gasteiger partial charge in [-0.3, -0.25) is 14.5 Å². The number of carbonyl (C=O) groups excluding carboxylic acids is 2. The van der Waals surface area contributed by atoms with Crippen LogP contribution in [0.4, 0.5) is 0 Å². The number of hydrazone groups is 1. The van der Waals surface area contributed by atoms with Crippen molar-refractivity contribution >= 4 is 28.4 Å². The number of benzene rings is 3. The number of amides is 1. The first-order valence-corrected chi connectivity index (χ1v) is 12.4. The van der Waals surface area contributed by atoms with Crippen LogP contribution in [0.1, 0.15) is 43.4 Å². The highest BCUT2D eigenvalue weighted by atomic mass is 16.5. The Balaban J connectivity index is 1.38. The topological polar surface area (TPSA) is 62.2 Å². The molecule has 0 radical (unpaired) electrons. The molecule has 0 aliphatic carbocycles. The van der Waals surface area contributed by atoms with Gasteiger partial charge in [0.05, 0.1) is 30.8 Å². The monoisotopic (exact) mass is 469 g/mol. The van der Waals surface area contributed by atoms with Crippen LogP contribution in [-0.4, -0.2) is 53.7 Å². The Morgan fingerprint density at radius 2 is 1.77 bits per heavy atom. The van der Waals surface area contributed by atoms with E-state index in [4.69, 9.17) is 9.84 Å². The summed E-state index contributed by atoms with van der Waals surface area (Å²) in [7, 11) is 0. The number of fused-ring (bicyclic) bond motifs is 1. The van der Waals surface area contributed by atoms with E-state index in [0.29, 0.717) is 19.6 Å². The summed E-state index contributed by atoms with van der Waals surface area (Å²) in [6.45, 7) is 3.80. The van der Waals surface area contributed by atoms with E-state index in [0.717, 1.165) is 41.6 Å². The summed E-state index contributed by atoms with van der Waals surface area (Å²) in [5.74, 6) is -0.375. The fraction of sp³-hybridized carbons (Fsp3) is 0.345. The minimum Gasteiger partial charge on any atom is -0.466 e. The van der Waals surface area contributed by atoms with Crippen molar-refractivity contribution in [1.82, 2.24) is 9.91 Å². The largest absolute Gasteiger partial charge is 0.466 e. The third-order valence-electron chi connectivity index (χ3n) is 6.92. The smallest absolute Gasteiger partial charge is 0.310 e. The molecule has 6 nitrogen and oxygen atoms in total. The zero-order chi connectivity index (χ0) is 24.2. The summed E-state index contributed by atoms with van der Waals surface area (Å²) in [5, 5.41) is 8.86. The maximum absolute atomic E-state index is 13.5. The van der Waals surface area contributed by atoms with Gasteiger partial charge in [-0.2, -0.15) is 5.10 Å². The van der Waals surface area contributed by atoms with Crippen molar-refractivity contribution in [2.24, 2.45) is 11.0 Å². The first-order valence-electron chi connectivity index (χ1n) is 12.4. The molecule has 0 saturated carbocycles. The average molecular weight is 470 g/mol. The van der Waals surface area contributed by atoms with Gasteiger partial charge in [0.25, 0.3) is 5.91 Å². The van der Waals surface area contributed by atoms with Crippen LogP contribution in [0.2, 0.25) is 0 Å². The molecule has 1 amide bonds. The van der Waals surface area contributed by atoms with Gasteiger partial charge in [0.1, 0.15) is 0 Å². The summed E-state index contributed by atoms with van der Waals surface area (Å²) >= 11 is 0. The minimum absolute atomic E-state index is 0.0425. The Morgan fingerprint density at radius 3 is 2.57 bits per heavy atom. The van der Waals surface area contributed by atoms with Gasteiger partial charge in [0, 0.05) is 13.0 Å². The molecule has 5 rings (SSSR count). The summed E-state index contributed by atoms with van der Waals surface area (Å²) in [6, 6.07) is 24.6. The molecular weight excluding hydrogens is 438 g/mol. The zero-order valence-electron chi connectivity index (χ0n) is 20.1. The van der Waals surface area contributed by atoms with Gasteiger partial charge >= 0.3 is 5.97 Å². The molecule has 1 saturated heterocycles. The fourth-order valence-electron chi connectivity index (χ4n) is 5.13. The van der Waals surface area contributed by atoms with Crippen LogP contribution in [0.3, 0.4) is 0 Å². The Kier molecular flexibility index (Phi) is 6.91. The van der Waals surface area contributed by atoms with E-state index in [1.54, 1.807) is 5.01 Å². The molecule has 0 spiro atoms. The normalized spacial score (nSPS) is 20.6. The molecule has 35 heavy (non-hydrogen) atoms. The minimum atomic E-state index is -0.170. The molecule has 0 N–H and O–H groups in total. The van der Waals surface area contributed by atoms with Crippen molar-refractivity contribution in [3.8, 4) is 0 Å². The van der Waals surface area contributed by atoms with E-state index in [2.05, 4.69) is 47.4 Å². The predicted octanol–water partition coefficient (Wildman–Crippen LogP) is 4.79. The highest BCUT2D eigenvalue weighted by Gasteiger charge is 2.35. The molecule has 2 atom stereocenters. The van der Waals surface area contributed by atoms with E-state index in [-0.39, 0.29) is 30.4 Å². The first-order chi connectivity index (χ1) is 17.1. The van der Waals surface area contributed by atoms with E-state index in [1.165, 1.54) is 5.39 Å². The molecule has 3 aromatic carbocycles. The quantitative estimate of drug-likeness (QED) is 0.487. The fourth-order valence-corrected chi connectivity index (χ4v) is 5.13. The molecule has 1 fully saturated rings. The van der Waals surface area contributed by atoms with Gasteiger partial charge in [-0.1, -0.05) is 66.7 Å². The summed E-state index contributed by atoms with van der Waals surface area (Å²) in [6.07, 6.45) is 2.36. The number of carbonyl (C=O) groups is 2. The maximum atomic E-state index is 13.5. The van der Waals surface area contributed by atoms with Crippen molar-refractivity contribution in [1.29, 1.82) is 0 Å². The van der Waals surface area contributed by atoms with Gasteiger partial charge in [-0.05, 0) is 54.3 Å². The lowest BCUT2D eigenvalue weighted by Crippen LogP contribution is -2.44. The van der Waals surface area contributed by atoms with Crippen LogP contribution in [0.15, 0.2) is 77.9 Å². The number of rotatable bonds is 6. The van der Waals surface area contributed by atoms with Crippen molar-refractivity contribution in [3.63, 3.8) is 0 Å². The first kappa shape index (κ1) is 23.2. The lowest BCUT2D eigenvalue weighted by molar-refractivity contribution is -0.150. The van der Waals surface area contributed by atoms with Crippen LogP contribution in [0.25, 0.3) is 10.8 Å². The van der Waals surface area contributed by atoms with E-state index >= 15 is 0 Å². The number of esters is 1. The van der Waals surface area contributed by atoms with Crippen molar-refractivity contribution in [3.05, 3.63) is 83.9 Å². The van der Waals surface area contributed by atoms with Gasteiger partial charge in [0.2, 0.25) is 0 Å². The van der Waals surface area contributed by atoms with E-state index < -0.39 is 0 Å². The number of hydrogen-bond donors (Lipinski definition) is 0. The third-order valence-corrected chi connectivity index (χ3v) is 6.92. The van der Waals surface area contributed by atoms with Crippen molar-refractivity contribution in [2.45, 2.75) is 32.2 Å². The number of ether oxygens (including phenoxy) is 1. The molecule has 6 heteroatoms. The summed E-state index contributed by atoms with van der Waals surface area (Å²) in [5.41, 5.74) is 3.03. The number of nitrogens with zero attached hydrogens (tertiary/aromatic N) is 3. The van der Waals surface area contributed by atoms with Crippen LogP contribution >= 0.6 is 0 Å². The maximum Gasteiger partial charge on any atom is 0.310 e. The summed E-state index contributed by atoms with van der Waals surface area (Å²) < 4.78 is 5.22. The second kappa shape index (κ2) is 10.4. The molecule has 3 aromatic rings. The van der Waals surface area contributed by atoms with Crippen molar-refractivity contribution in [2.75, 3.05) is 26.2 Å². The van der Waals surface area contributed by atoms with E-state index in [9.17, 15) is 9.59 Å². The second-order valence-electron chi connectivity index (χ2n) is 9.30. The zero-order valence-corrected chi connectivity index (χ0v) is 20.1. The van der Waals surface area contributed by atoms with Crippen LogP contribution in [-0.2, 0) is 14.3 Å². The Bertz CT molecular complexity index is 1240. The highest BCUT2D eigenvalue weighted by molar-refractivity contribution is 6.05. The Hall–Kier alpha value is -3.51. The molecule has 0 bridgehead atoms.